The van der Waals surface area contributed by atoms with Crippen LogP contribution in [0.5, 0.6) is 11.5 Å². The lowest BCUT2D eigenvalue weighted by Gasteiger charge is -2.26. The zero-order chi connectivity index (χ0) is 16.1. The molecule has 4 nitrogen and oxygen atoms in total. The zero-order valence-corrected chi connectivity index (χ0v) is 13.2. The van der Waals surface area contributed by atoms with Crippen molar-refractivity contribution in [1.82, 2.24) is 5.32 Å². The first-order valence-electron chi connectivity index (χ1n) is 7.87. The minimum absolute atomic E-state index is 0.0298. The van der Waals surface area contributed by atoms with Gasteiger partial charge in [-0.15, -0.1) is 0 Å². The molecule has 0 aromatic heterocycles. The van der Waals surface area contributed by atoms with Crippen molar-refractivity contribution in [3.63, 3.8) is 0 Å². The monoisotopic (exact) mass is 311 g/mol. The number of carbonyl (C=O) groups excluding carboxylic acids is 1. The lowest BCUT2D eigenvalue weighted by Crippen LogP contribution is -2.31. The van der Waals surface area contributed by atoms with Crippen LogP contribution in [0.2, 0.25) is 0 Å². The topological polar surface area (TPSA) is 47.6 Å². The second kappa shape index (κ2) is 7.18. The molecular formula is C19H21NO3. The van der Waals surface area contributed by atoms with Crippen LogP contribution in [-0.4, -0.2) is 26.2 Å². The molecule has 2 aromatic rings. The summed E-state index contributed by atoms with van der Waals surface area (Å²) >= 11 is 0. The first-order valence-corrected chi connectivity index (χ1v) is 7.87. The van der Waals surface area contributed by atoms with Gasteiger partial charge in [-0.3, -0.25) is 4.79 Å². The first-order chi connectivity index (χ1) is 11.3. The molecule has 0 saturated heterocycles. The van der Waals surface area contributed by atoms with E-state index in [1.54, 1.807) is 7.11 Å². The lowest BCUT2D eigenvalue weighted by atomic mass is 9.93. The van der Waals surface area contributed by atoms with Crippen molar-refractivity contribution >= 4 is 5.91 Å². The summed E-state index contributed by atoms with van der Waals surface area (Å²) in [7, 11) is 1.63. The molecule has 0 spiro atoms. The quantitative estimate of drug-likeness (QED) is 0.923. The molecule has 1 unspecified atom stereocenters. The van der Waals surface area contributed by atoms with E-state index in [1.807, 2.05) is 42.5 Å². The Morgan fingerprint density at radius 2 is 2.13 bits per heavy atom. The van der Waals surface area contributed by atoms with E-state index in [4.69, 9.17) is 9.47 Å². The number of amides is 1. The van der Waals surface area contributed by atoms with E-state index in [0.29, 0.717) is 25.5 Å². The Balaban J connectivity index is 1.57. The van der Waals surface area contributed by atoms with Gasteiger partial charge in [0.1, 0.15) is 11.5 Å². The van der Waals surface area contributed by atoms with Crippen LogP contribution in [0.15, 0.2) is 48.5 Å². The van der Waals surface area contributed by atoms with E-state index in [0.717, 1.165) is 23.5 Å². The van der Waals surface area contributed by atoms with Crippen LogP contribution < -0.4 is 14.8 Å². The molecule has 23 heavy (non-hydrogen) atoms. The van der Waals surface area contributed by atoms with Gasteiger partial charge in [0.2, 0.25) is 5.91 Å². The number of carbonyl (C=O) groups is 1. The first kappa shape index (κ1) is 15.4. The number of ether oxygens (including phenoxy) is 2. The van der Waals surface area contributed by atoms with E-state index in [1.165, 1.54) is 5.56 Å². The molecule has 1 aliphatic rings. The smallest absolute Gasteiger partial charge is 0.224 e. The number of para-hydroxylation sites is 1. The van der Waals surface area contributed by atoms with Gasteiger partial charge in [0.15, 0.2) is 0 Å². The number of benzene rings is 2. The van der Waals surface area contributed by atoms with Crippen molar-refractivity contribution in [1.29, 1.82) is 0 Å². The average Bonchev–Trinajstić information content (AvgIpc) is 2.60. The minimum Gasteiger partial charge on any atom is -0.497 e. The maximum atomic E-state index is 12.2. The number of hydrogen-bond acceptors (Lipinski definition) is 3. The van der Waals surface area contributed by atoms with Gasteiger partial charge in [-0.05, 0) is 35.7 Å². The molecule has 120 valence electrons. The van der Waals surface area contributed by atoms with Crippen LogP contribution in [0.25, 0.3) is 0 Å². The Kier molecular flexibility index (Phi) is 4.81. The molecule has 1 aliphatic heterocycles. The largest absolute Gasteiger partial charge is 0.497 e. The SMILES string of the molecule is COc1cccc(CC(=O)NCC2CCOc3ccccc32)c1. The van der Waals surface area contributed by atoms with E-state index in [-0.39, 0.29) is 5.91 Å². The molecule has 0 bridgehead atoms. The Labute approximate surface area is 136 Å². The molecular weight excluding hydrogens is 290 g/mol. The van der Waals surface area contributed by atoms with Crippen LogP contribution in [0.1, 0.15) is 23.5 Å². The fourth-order valence-corrected chi connectivity index (χ4v) is 2.90. The maximum absolute atomic E-state index is 12.2. The third-order valence-electron chi connectivity index (χ3n) is 4.13. The van der Waals surface area contributed by atoms with Gasteiger partial charge in [0.25, 0.3) is 0 Å². The summed E-state index contributed by atoms with van der Waals surface area (Å²) in [5.74, 6) is 2.05. The van der Waals surface area contributed by atoms with Crippen molar-refractivity contribution < 1.29 is 14.3 Å². The van der Waals surface area contributed by atoms with E-state index in [2.05, 4.69) is 11.4 Å². The molecule has 1 amide bonds. The standard InChI is InChI=1S/C19H21NO3/c1-22-16-6-4-5-14(11-16)12-19(21)20-13-15-9-10-23-18-8-3-2-7-17(15)18/h2-8,11,15H,9-10,12-13H2,1H3,(H,20,21). The Hall–Kier alpha value is -2.49. The van der Waals surface area contributed by atoms with Crippen molar-refractivity contribution in [2.45, 2.75) is 18.8 Å². The van der Waals surface area contributed by atoms with E-state index >= 15 is 0 Å². The summed E-state index contributed by atoms with van der Waals surface area (Å²) in [6.07, 6.45) is 1.29. The van der Waals surface area contributed by atoms with Gasteiger partial charge >= 0.3 is 0 Å². The molecule has 0 fully saturated rings. The molecule has 3 rings (SSSR count). The summed E-state index contributed by atoms with van der Waals surface area (Å²) < 4.78 is 10.8. The second-order valence-electron chi connectivity index (χ2n) is 5.70. The lowest BCUT2D eigenvalue weighted by molar-refractivity contribution is -0.120. The molecule has 1 heterocycles. The molecule has 0 aliphatic carbocycles. The summed E-state index contributed by atoms with van der Waals surface area (Å²) in [5, 5.41) is 3.04. The highest BCUT2D eigenvalue weighted by Gasteiger charge is 2.21. The summed E-state index contributed by atoms with van der Waals surface area (Å²) in [4.78, 5) is 12.2. The third kappa shape index (κ3) is 3.83. The normalized spacial score (nSPS) is 16.1. The van der Waals surface area contributed by atoms with Crippen LogP contribution in [-0.2, 0) is 11.2 Å². The predicted molar refractivity (Wildman–Crippen MR) is 89.0 cm³/mol. The van der Waals surface area contributed by atoms with Crippen LogP contribution >= 0.6 is 0 Å². The highest BCUT2D eigenvalue weighted by molar-refractivity contribution is 5.78. The van der Waals surface area contributed by atoms with Gasteiger partial charge in [0.05, 0.1) is 20.1 Å². The minimum atomic E-state index is 0.0298. The predicted octanol–water partition coefficient (Wildman–Crippen LogP) is 2.92. The Morgan fingerprint density at radius 3 is 3.00 bits per heavy atom. The van der Waals surface area contributed by atoms with Crippen molar-refractivity contribution in [2.75, 3.05) is 20.3 Å². The van der Waals surface area contributed by atoms with Crippen molar-refractivity contribution in [3.05, 3.63) is 59.7 Å². The summed E-state index contributed by atoms with van der Waals surface area (Å²) in [6, 6.07) is 15.7. The van der Waals surface area contributed by atoms with E-state index in [9.17, 15) is 4.79 Å². The molecule has 1 atom stereocenters. The Bertz CT molecular complexity index is 684. The fraction of sp³-hybridized carbons (Fsp3) is 0.316. The van der Waals surface area contributed by atoms with Gasteiger partial charge in [-0.1, -0.05) is 30.3 Å². The molecule has 0 radical (unpaired) electrons. The highest BCUT2D eigenvalue weighted by Crippen LogP contribution is 2.32. The van der Waals surface area contributed by atoms with Gasteiger partial charge in [-0.2, -0.15) is 0 Å². The Morgan fingerprint density at radius 1 is 1.26 bits per heavy atom. The number of nitrogens with one attached hydrogen (secondary N) is 1. The van der Waals surface area contributed by atoms with Gasteiger partial charge in [0, 0.05) is 12.5 Å². The van der Waals surface area contributed by atoms with Gasteiger partial charge < -0.3 is 14.8 Å². The van der Waals surface area contributed by atoms with Crippen molar-refractivity contribution in [3.8, 4) is 11.5 Å². The fourth-order valence-electron chi connectivity index (χ4n) is 2.90. The number of hydrogen-bond donors (Lipinski definition) is 1. The highest BCUT2D eigenvalue weighted by atomic mass is 16.5. The number of fused-ring (bicyclic) bond motifs is 1. The summed E-state index contributed by atoms with van der Waals surface area (Å²) in [5.41, 5.74) is 2.13. The molecule has 2 aromatic carbocycles. The average molecular weight is 311 g/mol. The third-order valence-corrected chi connectivity index (χ3v) is 4.13. The zero-order valence-electron chi connectivity index (χ0n) is 13.2. The maximum Gasteiger partial charge on any atom is 0.224 e. The number of rotatable bonds is 5. The van der Waals surface area contributed by atoms with E-state index < -0.39 is 0 Å². The van der Waals surface area contributed by atoms with Crippen LogP contribution in [0.4, 0.5) is 0 Å². The van der Waals surface area contributed by atoms with Crippen molar-refractivity contribution in [2.24, 2.45) is 0 Å². The second-order valence-corrected chi connectivity index (χ2v) is 5.70. The number of methoxy groups -OCH3 is 1. The van der Waals surface area contributed by atoms with Crippen LogP contribution in [0, 0.1) is 0 Å². The molecule has 1 N–H and O–H groups in total. The van der Waals surface area contributed by atoms with Gasteiger partial charge in [-0.25, -0.2) is 0 Å². The molecule has 0 saturated carbocycles. The molecule has 4 heteroatoms. The van der Waals surface area contributed by atoms with Crippen LogP contribution in [0.3, 0.4) is 0 Å². The summed E-state index contributed by atoms with van der Waals surface area (Å²) in [6.45, 7) is 1.34.